The van der Waals surface area contributed by atoms with Gasteiger partial charge in [-0.05, 0) is 37.3 Å². The van der Waals surface area contributed by atoms with E-state index in [2.05, 4.69) is 10.3 Å². The van der Waals surface area contributed by atoms with Gasteiger partial charge in [0.1, 0.15) is 10.6 Å². The molecule has 2 aliphatic heterocycles. The van der Waals surface area contributed by atoms with Crippen LogP contribution in [0, 0.1) is 5.92 Å². The Morgan fingerprint density at radius 1 is 1.06 bits per heavy atom. The molecule has 1 aromatic carbocycles. The average Bonchev–Trinajstić information content (AvgIpc) is 3.51. The van der Waals surface area contributed by atoms with E-state index in [1.54, 1.807) is 4.90 Å². The Balaban J connectivity index is 1.40. The van der Waals surface area contributed by atoms with Gasteiger partial charge in [-0.25, -0.2) is 8.42 Å². The zero-order valence-electron chi connectivity index (χ0n) is 17.4. The second kappa shape index (κ2) is 9.23. The smallest absolute Gasteiger partial charge is 0.270 e. The van der Waals surface area contributed by atoms with Gasteiger partial charge in [0.05, 0.1) is 5.92 Å². The van der Waals surface area contributed by atoms with Crippen LogP contribution >= 0.6 is 0 Å². The number of sulfonamides is 1. The van der Waals surface area contributed by atoms with E-state index < -0.39 is 15.9 Å². The van der Waals surface area contributed by atoms with Crippen LogP contribution in [0.1, 0.15) is 41.7 Å². The number of benzene rings is 1. The van der Waals surface area contributed by atoms with Gasteiger partial charge in [0.2, 0.25) is 15.9 Å². The summed E-state index contributed by atoms with van der Waals surface area (Å²) in [6.07, 6.45) is 4.58. The van der Waals surface area contributed by atoms with Gasteiger partial charge >= 0.3 is 0 Å². The maximum atomic E-state index is 13.1. The molecule has 2 N–H and O–H groups in total. The van der Waals surface area contributed by atoms with Crippen molar-refractivity contribution >= 4 is 21.8 Å². The van der Waals surface area contributed by atoms with E-state index in [4.69, 9.17) is 0 Å². The van der Waals surface area contributed by atoms with Gasteiger partial charge in [0.15, 0.2) is 0 Å². The molecule has 1 atom stereocenters. The van der Waals surface area contributed by atoms with E-state index >= 15 is 0 Å². The lowest BCUT2D eigenvalue weighted by Crippen LogP contribution is -2.45. The largest absolute Gasteiger partial charge is 0.356 e. The summed E-state index contributed by atoms with van der Waals surface area (Å²) in [5.74, 6) is -0.699. The molecule has 2 fully saturated rings. The van der Waals surface area contributed by atoms with Crippen LogP contribution in [0.5, 0.6) is 0 Å². The molecule has 8 nitrogen and oxygen atoms in total. The first-order valence-electron chi connectivity index (χ1n) is 10.7. The van der Waals surface area contributed by atoms with E-state index in [1.807, 2.05) is 30.3 Å². The number of rotatable bonds is 6. The predicted molar refractivity (Wildman–Crippen MR) is 116 cm³/mol. The summed E-state index contributed by atoms with van der Waals surface area (Å²) in [7, 11) is -3.78. The minimum Gasteiger partial charge on any atom is -0.356 e. The van der Waals surface area contributed by atoms with Gasteiger partial charge in [-0.1, -0.05) is 30.3 Å². The van der Waals surface area contributed by atoms with Crippen molar-refractivity contribution in [1.82, 2.24) is 19.5 Å². The number of aromatic amines is 1. The molecular formula is C22H28N4O4S. The summed E-state index contributed by atoms with van der Waals surface area (Å²) in [6.45, 7) is 2.33. The fourth-order valence-electron chi connectivity index (χ4n) is 4.19. The third-order valence-electron chi connectivity index (χ3n) is 5.98. The van der Waals surface area contributed by atoms with Crippen LogP contribution in [0.4, 0.5) is 0 Å². The van der Waals surface area contributed by atoms with E-state index in [9.17, 15) is 18.0 Å². The van der Waals surface area contributed by atoms with Crippen molar-refractivity contribution < 1.29 is 18.0 Å². The molecule has 4 rings (SSSR count). The highest BCUT2D eigenvalue weighted by molar-refractivity contribution is 7.89. The van der Waals surface area contributed by atoms with Gasteiger partial charge in [0, 0.05) is 38.9 Å². The number of piperidine rings is 1. The first kappa shape index (κ1) is 21.6. The van der Waals surface area contributed by atoms with Gasteiger partial charge in [0.25, 0.3) is 5.91 Å². The summed E-state index contributed by atoms with van der Waals surface area (Å²) in [5.41, 5.74) is 1.29. The molecule has 0 radical (unpaired) electrons. The second-order valence-electron chi connectivity index (χ2n) is 8.15. The van der Waals surface area contributed by atoms with Crippen LogP contribution in [0.15, 0.2) is 47.5 Å². The number of amides is 2. The van der Waals surface area contributed by atoms with Crippen molar-refractivity contribution in [3.63, 3.8) is 0 Å². The summed E-state index contributed by atoms with van der Waals surface area (Å²) >= 11 is 0. The lowest BCUT2D eigenvalue weighted by atomic mass is 9.99. The van der Waals surface area contributed by atoms with Crippen molar-refractivity contribution in [3.8, 4) is 0 Å². The zero-order valence-corrected chi connectivity index (χ0v) is 18.2. The molecule has 0 saturated carbocycles. The summed E-state index contributed by atoms with van der Waals surface area (Å²) in [5, 5.41) is 2.91. The Bertz CT molecular complexity index is 1030. The van der Waals surface area contributed by atoms with Crippen LogP contribution in [0.25, 0.3) is 0 Å². The first-order chi connectivity index (χ1) is 14.9. The van der Waals surface area contributed by atoms with Gasteiger partial charge in [-0.3, -0.25) is 9.59 Å². The molecule has 166 valence electrons. The SMILES string of the molecule is O=C(NCc1ccccc1)[C@H]1CCCN(S(=O)(=O)c2c[nH]c(C(=O)N3CCCC3)c2)C1. The summed E-state index contributed by atoms with van der Waals surface area (Å²) < 4.78 is 27.6. The number of hydrogen-bond donors (Lipinski definition) is 2. The fraction of sp³-hybridized carbons (Fsp3) is 0.455. The van der Waals surface area contributed by atoms with Crippen LogP contribution in [0.2, 0.25) is 0 Å². The Morgan fingerprint density at radius 2 is 1.81 bits per heavy atom. The molecule has 2 aromatic rings. The molecule has 9 heteroatoms. The van der Waals surface area contributed by atoms with Crippen LogP contribution in [-0.2, 0) is 21.4 Å². The Kier molecular flexibility index (Phi) is 6.43. The maximum Gasteiger partial charge on any atom is 0.270 e. The number of likely N-dealkylation sites (tertiary alicyclic amines) is 1. The number of nitrogens with one attached hydrogen (secondary N) is 2. The monoisotopic (exact) mass is 444 g/mol. The number of nitrogens with zero attached hydrogens (tertiary/aromatic N) is 2. The highest BCUT2D eigenvalue weighted by Gasteiger charge is 2.34. The molecule has 0 spiro atoms. The molecule has 0 aliphatic carbocycles. The normalized spacial score (nSPS) is 20.0. The molecule has 2 saturated heterocycles. The molecule has 0 unspecified atom stereocenters. The first-order valence-corrected chi connectivity index (χ1v) is 12.2. The minimum absolute atomic E-state index is 0.0698. The van der Waals surface area contributed by atoms with Crippen molar-refractivity contribution in [3.05, 3.63) is 53.9 Å². The lowest BCUT2D eigenvalue weighted by Gasteiger charge is -2.31. The van der Waals surface area contributed by atoms with E-state index in [0.717, 1.165) is 18.4 Å². The lowest BCUT2D eigenvalue weighted by molar-refractivity contribution is -0.126. The second-order valence-corrected chi connectivity index (χ2v) is 10.1. The van der Waals surface area contributed by atoms with Crippen molar-refractivity contribution in [1.29, 1.82) is 0 Å². The third kappa shape index (κ3) is 4.83. The van der Waals surface area contributed by atoms with Crippen LogP contribution in [-0.4, -0.2) is 60.6 Å². The van der Waals surface area contributed by atoms with Crippen molar-refractivity contribution in [2.24, 2.45) is 5.92 Å². The van der Waals surface area contributed by atoms with Crippen LogP contribution < -0.4 is 5.32 Å². The molecular weight excluding hydrogens is 416 g/mol. The molecule has 2 aliphatic rings. The summed E-state index contributed by atoms with van der Waals surface area (Å²) in [4.78, 5) is 29.8. The van der Waals surface area contributed by atoms with Gasteiger partial charge in [-0.2, -0.15) is 4.31 Å². The Labute approximate surface area is 182 Å². The summed E-state index contributed by atoms with van der Waals surface area (Å²) in [6, 6.07) is 11.0. The number of carbonyl (C=O) groups excluding carboxylic acids is 2. The topological polar surface area (TPSA) is 103 Å². The van der Waals surface area contributed by atoms with Gasteiger partial charge in [-0.15, -0.1) is 0 Å². The quantitative estimate of drug-likeness (QED) is 0.711. The number of hydrogen-bond acceptors (Lipinski definition) is 4. The Hall–Kier alpha value is -2.65. The van der Waals surface area contributed by atoms with E-state index in [0.29, 0.717) is 39.0 Å². The van der Waals surface area contributed by atoms with E-state index in [1.165, 1.54) is 16.6 Å². The van der Waals surface area contributed by atoms with E-state index in [-0.39, 0.29) is 28.9 Å². The molecule has 2 amide bonds. The van der Waals surface area contributed by atoms with Crippen molar-refractivity contribution in [2.45, 2.75) is 37.1 Å². The zero-order chi connectivity index (χ0) is 21.8. The maximum absolute atomic E-state index is 13.1. The molecule has 0 bridgehead atoms. The third-order valence-corrected chi connectivity index (χ3v) is 7.83. The molecule has 3 heterocycles. The highest BCUT2D eigenvalue weighted by Crippen LogP contribution is 2.25. The number of carbonyl (C=O) groups is 2. The minimum atomic E-state index is -3.78. The average molecular weight is 445 g/mol. The van der Waals surface area contributed by atoms with Gasteiger partial charge < -0.3 is 15.2 Å². The predicted octanol–water partition coefficient (Wildman–Crippen LogP) is 1.97. The standard InChI is InChI=1S/C22H28N4O4S/c27-21(24-14-17-7-2-1-3-8-17)18-9-6-12-26(16-18)31(29,30)19-13-20(23-15-19)22(28)25-10-4-5-11-25/h1-3,7-8,13,15,18,23H,4-6,9-12,14,16H2,(H,24,27)/t18-/m0/s1. The Morgan fingerprint density at radius 3 is 2.55 bits per heavy atom. The number of aromatic nitrogens is 1. The molecule has 1 aromatic heterocycles. The number of H-pyrrole nitrogens is 1. The van der Waals surface area contributed by atoms with Crippen LogP contribution in [0.3, 0.4) is 0 Å². The molecule has 31 heavy (non-hydrogen) atoms. The fourth-order valence-corrected chi connectivity index (χ4v) is 5.71. The van der Waals surface area contributed by atoms with Crippen molar-refractivity contribution in [2.75, 3.05) is 26.2 Å². The highest BCUT2D eigenvalue weighted by atomic mass is 32.2.